The van der Waals surface area contributed by atoms with E-state index >= 15 is 0 Å². The normalized spacial score (nSPS) is 21.2. The first kappa shape index (κ1) is 9.24. The average Bonchev–Trinajstić information content (AvgIpc) is 2.30. The smallest absolute Gasteiger partial charge is 0.146 e. The van der Waals surface area contributed by atoms with E-state index < -0.39 is 0 Å². The topological polar surface area (TPSA) is 17.1 Å². The third kappa shape index (κ3) is 2.94. The molecular formula is C9H15BrO. The molecule has 64 valence electrons. The van der Waals surface area contributed by atoms with Crippen LogP contribution in [0.3, 0.4) is 0 Å². The zero-order valence-corrected chi connectivity index (χ0v) is 8.40. The Morgan fingerprint density at radius 3 is 2.18 bits per heavy atom. The van der Waals surface area contributed by atoms with Gasteiger partial charge in [0.1, 0.15) is 5.78 Å². The van der Waals surface area contributed by atoms with Crippen molar-refractivity contribution in [2.24, 2.45) is 5.92 Å². The number of hydrogen-bond donors (Lipinski definition) is 0. The standard InChI is InChI=1S/C9H15BrO/c10-7-9(11)8-5-3-1-2-4-6-8/h8H,1-7H2. The van der Waals surface area contributed by atoms with Crippen LogP contribution in [0.25, 0.3) is 0 Å². The van der Waals surface area contributed by atoms with Crippen molar-refractivity contribution in [3.8, 4) is 0 Å². The third-order valence-electron chi connectivity index (χ3n) is 2.44. The number of carbonyl (C=O) groups excluding carboxylic acids is 1. The molecule has 1 aliphatic rings. The zero-order valence-electron chi connectivity index (χ0n) is 6.81. The van der Waals surface area contributed by atoms with Crippen LogP contribution in [0, 0.1) is 5.92 Å². The number of Topliss-reactive ketones (excluding diaryl/α,β-unsaturated/α-hetero) is 1. The van der Waals surface area contributed by atoms with Crippen molar-refractivity contribution in [2.75, 3.05) is 5.33 Å². The summed E-state index contributed by atoms with van der Waals surface area (Å²) in [7, 11) is 0. The third-order valence-corrected chi connectivity index (χ3v) is 2.99. The van der Waals surface area contributed by atoms with E-state index in [0.717, 1.165) is 12.8 Å². The molecule has 0 bridgehead atoms. The van der Waals surface area contributed by atoms with Gasteiger partial charge in [0.05, 0.1) is 5.33 Å². The van der Waals surface area contributed by atoms with Crippen LogP contribution in [-0.4, -0.2) is 11.1 Å². The first-order valence-electron chi connectivity index (χ1n) is 4.43. The number of ketones is 1. The molecular weight excluding hydrogens is 204 g/mol. The van der Waals surface area contributed by atoms with Gasteiger partial charge in [-0.25, -0.2) is 0 Å². The molecule has 0 unspecified atom stereocenters. The van der Waals surface area contributed by atoms with Crippen LogP contribution in [0.15, 0.2) is 0 Å². The number of rotatable bonds is 2. The van der Waals surface area contributed by atoms with Crippen LogP contribution in [-0.2, 0) is 4.79 Å². The van der Waals surface area contributed by atoms with Gasteiger partial charge in [0, 0.05) is 5.92 Å². The van der Waals surface area contributed by atoms with E-state index in [1.54, 1.807) is 0 Å². The Hall–Kier alpha value is 0.150. The highest BCUT2D eigenvalue weighted by atomic mass is 79.9. The Bertz CT molecular complexity index is 126. The van der Waals surface area contributed by atoms with Gasteiger partial charge in [0.25, 0.3) is 0 Å². The van der Waals surface area contributed by atoms with Crippen LogP contribution in [0.2, 0.25) is 0 Å². The Labute approximate surface area is 76.7 Å². The predicted molar refractivity (Wildman–Crippen MR) is 50.0 cm³/mol. The second-order valence-corrected chi connectivity index (χ2v) is 3.85. The maximum atomic E-state index is 11.3. The summed E-state index contributed by atoms with van der Waals surface area (Å²) >= 11 is 3.23. The lowest BCUT2D eigenvalue weighted by Gasteiger charge is -2.09. The molecule has 0 aromatic carbocycles. The lowest BCUT2D eigenvalue weighted by atomic mass is 9.97. The zero-order chi connectivity index (χ0) is 8.10. The molecule has 1 saturated carbocycles. The van der Waals surface area contributed by atoms with Crippen LogP contribution in [0.5, 0.6) is 0 Å². The van der Waals surface area contributed by atoms with E-state index in [2.05, 4.69) is 15.9 Å². The Morgan fingerprint density at radius 1 is 1.18 bits per heavy atom. The van der Waals surface area contributed by atoms with Gasteiger partial charge >= 0.3 is 0 Å². The van der Waals surface area contributed by atoms with Crippen LogP contribution >= 0.6 is 15.9 Å². The van der Waals surface area contributed by atoms with Gasteiger partial charge in [-0.3, -0.25) is 4.79 Å². The Morgan fingerprint density at radius 2 is 1.73 bits per heavy atom. The summed E-state index contributed by atoms with van der Waals surface area (Å²) in [5.74, 6) is 0.781. The molecule has 1 rings (SSSR count). The predicted octanol–water partition coefficient (Wildman–Crippen LogP) is 2.92. The fraction of sp³-hybridized carbons (Fsp3) is 0.889. The van der Waals surface area contributed by atoms with E-state index in [-0.39, 0.29) is 0 Å². The quantitative estimate of drug-likeness (QED) is 0.515. The van der Waals surface area contributed by atoms with Crippen molar-refractivity contribution >= 4 is 21.7 Å². The second-order valence-electron chi connectivity index (χ2n) is 3.29. The van der Waals surface area contributed by atoms with Gasteiger partial charge < -0.3 is 0 Å². The second kappa shape index (κ2) is 4.91. The maximum absolute atomic E-state index is 11.3. The lowest BCUT2D eigenvalue weighted by molar-refractivity contribution is -0.120. The van der Waals surface area contributed by atoms with Crippen molar-refractivity contribution in [3.05, 3.63) is 0 Å². The maximum Gasteiger partial charge on any atom is 0.146 e. The molecule has 0 atom stereocenters. The number of carbonyl (C=O) groups is 1. The summed E-state index contributed by atoms with van der Waals surface area (Å²) in [5, 5.41) is 0.553. The summed E-state index contributed by atoms with van der Waals surface area (Å²) in [6.45, 7) is 0. The summed E-state index contributed by atoms with van der Waals surface area (Å²) < 4.78 is 0. The fourth-order valence-corrected chi connectivity index (χ4v) is 2.17. The molecule has 0 amide bonds. The first-order chi connectivity index (χ1) is 5.34. The van der Waals surface area contributed by atoms with E-state index in [1.807, 2.05) is 0 Å². The van der Waals surface area contributed by atoms with Gasteiger partial charge in [-0.1, -0.05) is 41.6 Å². The van der Waals surface area contributed by atoms with Gasteiger partial charge in [0.15, 0.2) is 0 Å². The molecule has 0 N–H and O–H groups in total. The minimum atomic E-state index is 0.372. The molecule has 0 saturated heterocycles. The van der Waals surface area contributed by atoms with E-state index in [0.29, 0.717) is 17.0 Å². The Kier molecular flexibility index (Phi) is 4.13. The molecule has 0 aromatic rings. The largest absolute Gasteiger partial charge is 0.298 e. The summed E-state index contributed by atoms with van der Waals surface area (Å²) in [6.07, 6.45) is 7.42. The monoisotopic (exact) mass is 218 g/mol. The average molecular weight is 219 g/mol. The van der Waals surface area contributed by atoms with Crippen molar-refractivity contribution < 1.29 is 4.79 Å². The van der Waals surface area contributed by atoms with Crippen LogP contribution in [0.4, 0.5) is 0 Å². The highest BCUT2D eigenvalue weighted by molar-refractivity contribution is 9.09. The van der Waals surface area contributed by atoms with Crippen LogP contribution in [0.1, 0.15) is 38.5 Å². The molecule has 0 heterocycles. The lowest BCUT2D eigenvalue weighted by Crippen LogP contribution is -2.14. The molecule has 1 nitrogen and oxygen atoms in total. The Balaban J connectivity index is 2.36. The van der Waals surface area contributed by atoms with Gasteiger partial charge in [0.2, 0.25) is 0 Å². The van der Waals surface area contributed by atoms with Gasteiger partial charge in [-0.15, -0.1) is 0 Å². The molecule has 1 fully saturated rings. The molecule has 0 aliphatic heterocycles. The molecule has 1 aliphatic carbocycles. The van der Waals surface area contributed by atoms with Crippen LogP contribution < -0.4 is 0 Å². The fourth-order valence-electron chi connectivity index (χ4n) is 1.71. The molecule has 11 heavy (non-hydrogen) atoms. The number of alkyl halides is 1. The van der Waals surface area contributed by atoms with E-state index in [4.69, 9.17) is 0 Å². The van der Waals surface area contributed by atoms with Crippen molar-refractivity contribution in [1.29, 1.82) is 0 Å². The number of halogens is 1. The van der Waals surface area contributed by atoms with E-state index in [1.165, 1.54) is 25.7 Å². The number of hydrogen-bond acceptors (Lipinski definition) is 1. The molecule has 0 radical (unpaired) electrons. The van der Waals surface area contributed by atoms with Gasteiger partial charge in [-0.05, 0) is 12.8 Å². The summed E-state index contributed by atoms with van der Waals surface area (Å²) in [5.41, 5.74) is 0. The minimum Gasteiger partial charge on any atom is -0.298 e. The summed E-state index contributed by atoms with van der Waals surface area (Å²) in [4.78, 5) is 11.3. The highest BCUT2D eigenvalue weighted by Crippen LogP contribution is 2.23. The SMILES string of the molecule is O=C(CBr)C1CCCCCC1. The van der Waals surface area contributed by atoms with Crippen molar-refractivity contribution in [1.82, 2.24) is 0 Å². The molecule has 2 heteroatoms. The van der Waals surface area contributed by atoms with Crippen molar-refractivity contribution in [2.45, 2.75) is 38.5 Å². The van der Waals surface area contributed by atoms with Crippen molar-refractivity contribution in [3.63, 3.8) is 0 Å². The molecule has 0 aromatic heterocycles. The molecule has 0 spiro atoms. The van der Waals surface area contributed by atoms with E-state index in [9.17, 15) is 4.79 Å². The highest BCUT2D eigenvalue weighted by Gasteiger charge is 2.18. The van der Waals surface area contributed by atoms with Gasteiger partial charge in [-0.2, -0.15) is 0 Å². The first-order valence-corrected chi connectivity index (χ1v) is 5.55. The summed E-state index contributed by atoms with van der Waals surface area (Å²) in [6, 6.07) is 0. The minimum absolute atomic E-state index is 0.372.